The Morgan fingerprint density at radius 2 is 2.11 bits per heavy atom. The molecule has 0 bridgehead atoms. The molecule has 0 saturated heterocycles. The molecule has 1 aromatic carbocycles. The summed E-state index contributed by atoms with van der Waals surface area (Å²) in [6, 6.07) is 6.34. The molecule has 0 aliphatic rings. The number of rotatable bonds is 8. The molecule has 0 aromatic heterocycles. The van der Waals surface area contributed by atoms with E-state index in [1.54, 1.807) is 7.11 Å². The molecule has 1 aromatic rings. The van der Waals surface area contributed by atoms with Crippen LogP contribution < -0.4 is 14.8 Å². The summed E-state index contributed by atoms with van der Waals surface area (Å²) in [6.07, 6.45) is 1.11. The monoisotopic (exact) mass is 253 g/mol. The van der Waals surface area contributed by atoms with Crippen LogP contribution >= 0.6 is 0 Å². The number of ether oxygens (including phenoxy) is 2. The predicted molar refractivity (Wildman–Crippen MR) is 72.2 cm³/mol. The lowest BCUT2D eigenvalue weighted by Gasteiger charge is -2.14. The molecule has 0 heterocycles. The highest BCUT2D eigenvalue weighted by molar-refractivity contribution is 5.42. The van der Waals surface area contributed by atoms with Gasteiger partial charge in [-0.3, -0.25) is 0 Å². The maximum absolute atomic E-state index is 8.74. The van der Waals surface area contributed by atoms with Crippen molar-refractivity contribution in [3.05, 3.63) is 23.8 Å². The van der Waals surface area contributed by atoms with Crippen LogP contribution in [0.1, 0.15) is 25.8 Å². The molecule has 0 aliphatic heterocycles. The molecule has 0 amide bonds. The third-order valence-electron chi connectivity index (χ3n) is 2.84. The summed E-state index contributed by atoms with van der Waals surface area (Å²) >= 11 is 0. The molecule has 1 rings (SSSR count). The van der Waals surface area contributed by atoms with Gasteiger partial charge in [-0.15, -0.1) is 0 Å². The Labute approximate surface area is 109 Å². The maximum atomic E-state index is 8.74. The largest absolute Gasteiger partial charge is 0.493 e. The second-order valence-corrected chi connectivity index (χ2v) is 4.25. The molecule has 0 aliphatic carbocycles. The Bertz CT molecular complexity index is 355. The zero-order valence-corrected chi connectivity index (χ0v) is 11.4. The van der Waals surface area contributed by atoms with Crippen molar-refractivity contribution in [1.29, 1.82) is 0 Å². The van der Waals surface area contributed by atoms with Crippen LogP contribution in [0.25, 0.3) is 0 Å². The maximum Gasteiger partial charge on any atom is 0.161 e. The fourth-order valence-corrected chi connectivity index (χ4v) is 1.53. The van der Waals surface area contributed by atoms with Crippen LogP contribution in [0, 0.1) is 0 Å². The summed E-state index contributed by atoms with van der Waals surface area (Å²) in [7, 11) is 1.62. The van der Waals surface area contributed by atoms with Gasteiger partial charge >= 0.3 is 0 Å². The Kier molecular flexibility index (Phi) is 6.54. The van der Waals surface area contributed by atoms with Crippen LogP contribution in [-0.2, 0) is 6.54 Å². The van der Waals surface area contributed by atoms with Crippen molar-refractivity contribution >= 4 is 0 Å². The summed E-state index contributed by atoms with van der Waals surface area (Å²) in [5, 5.41) is 12.2. The molecule has 4 heteroatoms. The van der Waals surface area contributed by atoms with Gasteiger partial charge in [0, 0.05) is 12.6 Å². The van der Waals surface area contributed by atoms with Gasteiger partial charge in [-0.1, -0.05) is 13.0 Å². The summed E-state index contributed by atoms with van der Waals surface area (Å²) in [5.41, 5.74) is 1.16. The number of hydrogen-bond acceptors (Lipinski definition) is 4. The predicted octanol–water partition coefficient (Wildman–Crippen LogP) is 1.95. The topological polar surface area (TPSA) is 50.7 Å². The fraction of sp³-hybridized carbons (Fsp3) is 0.571. The number of hydrogen-bond donors (Lipinski definition) is 2. The van der Waals surface area contributed by atoms with Crippen molar-refractivity contribution in [1.82, 2.24) is 5.32 Å². The second-order valence-electron chi connectivity index (χ2n) is 4.25. The molecule has 0 fully saturated rings. The van der Waals surface area contributed by atoms with Crippen LogP contribution in [0.2, 0.25) is 0 Å². The van der Waals surface area contributed by atoms with Gasteiger partial charge in [0.25, 0.3) is 0 Å². The van der Waals surface area contributed by atoms with Gasteiger partial charge in [0.2, 0.25) is 0 Å². The molecule has 2 N–H and O–H groups in total. The molecule has 0 saturated carbocycles. The Morgan fingerprint density at radius 1 is 1.33 bits per heavy atom. The Morgan fingerprint density at radius 3 is 2.72 bits per heavy atom. The van der Waals surface area contributed by atoms with Crippen LogP contribution in [0.4, 0.5) is 0 Å². The third-order valence-corrected chi connectivity index (χ3v) is 2.84. The highest BCUT2D eigenvalue weighted by Gasteiger charge is 2.06. The molecule has 0 unspecified atom stereocenters. The smallest absolute Gasteiger partial charge is 0.161 e. The minimum absolute atomic E-state index is 0.000472. The molecule has 0 radical (unpaired) electrons. The van der Waals surface area contributed by atoms with E-state index in [1.807, 2.05) is 18.2 Å². The van der Waals surface area contributed by atoms with Gasteiger partial charge in [-0.2, -0.15) is 0 Å². The lowest BCUT2D eigenvalue weighted by atomic mass is 10.2. The first-order chi connectivity index (χ1) is 8.71. The van der Waals surface area contributed by atoms with E-state index in [9.17, 15) is 0 Å². The summed E-state index contributed by atoms with van der Waals surface area (Å²) < 4.78 is 10.7. The van der Waals surface area contributed by atoms with Crippen molar-refractivity contribution in [2.45, 2.75) is 32.9 Å². The average molecular weight is 253 g/mol. The van der Waals surface area contributed by atoms with Crippen LogP contribution in [0.5, 0.6) is 11.5 Å². The first-order valence-corrected chi connectivity index (χ1v) is 6.35. The lowest BCUT2D eigenvalue weighted by molar-refractivity contribution is 0.196. The quantitative estimate of drug-likeness (QED) is 0.743. The average Bonchev–Trinajstić information content (AvgIpc) is 2.42. The van der Waals surface area contributed by atoms with E-state index in [4.69, 9.17) is 14.6 Å². The number of methoxy groups -OCH3 is 1. The zero-order valence-electron chi connectivity index (χ0n) is 11.4. The highest BCUT2D eigenvalue weighted by atomic mass is 16.5. The van der Waals surface area contributed by atoms with Crippen LogP contribution in [0.3, 0.4) is 0 Å². The van der Waals surface area contributed by atoms with Crippen molar-refractivity contribution in [2.24, 2.45) is 0 Å². The highest BCUT2D eigenvalue weighted by Crippen LogP contribution is 2.27. The van der Waals surface area contributed by atoms with Crippen molar-refractivity contribution in [3.8, 4) is 11.5 Å². The molecule has 1 atom stereocenters. The van der Waals surface area contributed by atoms with E-state index < -0.39 is 0 Å². The van der Waals surface area contributed by atoms with Crippen LogP contribution in [0.15, 0.2) is 18.2 Å². The lowest BCUT2D eigenvalue weighted by Crippen LogP contribution is -2.24. The molecular formula is C14H23NO3. The van der Waals surface area contributed by atoms with E-state index in [0.717, 1.165) is 18.5 Å². The first-order valence-electron chi connectivity index (χ1n) is 6.35. The van der Waals surface area contributed by atoms with E-state index in [1.165, 1.54) is 0 Å². The van der Waals surface area contributed by atoms with E-state index in [-0.39, 0.29) is 13.2 Å². The van der Waals surface area contributed by atoms with E-state index >= 15 is 0 Å². The van der Waals surface area contributed by atoms with E-state index in [0.29, 0.717) is 17.5 Å². The Balaban J connectivity index is 2.66. The molecular weight excluding hydrogens is 230 g/mol. The van der Waals surface area contributed by atoms with Crippen molar-refractivity contribution in [3.63, 3.8) is 0 Å². The van der Waals surface area contributed by atoms with Gasteiger partial charge in [-0.25, -0.2) is 0 Å². The van der Waals surface area contributed by atoms with Crippen LogP contribution in [-0.4, -0.2) is 31.5 Å². The number of aliphatic hydroxyl groups excluding tert-OH is 1. The van der Waals surface area contributed by atoms with Gasteiger partial charge in [0.1, 0.15) is 6.61 Å². The van der Waals surface area contributed by atoms with Gasteiger partial charge in [0.15, 0.2) is 11.5 Å². The minimum atomic E-state index is 0.000472. The second kappa shape index (κ2) is 7.95. The molecule has 4 nitrogen and oxygen atoms in total. The van der Waals surface area contributed by atoms with Crippen molar-refractivity contribution < 1.29 is 14.6 Å². The minimum Gasteiger partial charge on any atom is -0.493 e. The normalized spacial score (nSPS) is 12.2. The Hall–Kier alpha value is -1.26. The molecule has 102 valence electrons. The summed E-state index contributed by atoms with van der Waals surface area (Å²) in [6.45, 7) is 5.41. The van der Waals surface area contributed by atoms with Gasteiger partial charge in [0.05, 0.1) is 13.7 Å². The molecule has 0 spiro atoms. The number of aliphatic hydroxyl groups is 1. The number of benzene rings is 1. The van der Waals surface area contributed by atoms with Crippen molar-refractivity contribution in [2.75, 3.05) is 20.3 Å². The standard InChI is InChI=1S/C14H23NO3/c1-4-11(2)15-10-12-5-6-13(18-8-7-16)14(9-12)17-3/h5-6,9,11,15-16H,4,7-8,10H2,1-3H3/t11-/m1/s1. The third kappa shape index (κ3) is 4.55. The van der Waals surface area contributed by atoms with Gasteiger partial charge < -0.3 is 19.9 Å². The van der Waals surface area contributed by atoms with Gasteiger partial charge in [-0.05, 0) is 31.0 Å². The summed E-state index contributed by atoms with van der Waals surface area (Å²) in [4.78, 5) is 0. The fourth-order valence-electron chi connectivity index (χ4n) is 1.53. The first kappa shape index (κ1) is 14.8. The molecule has 18 heavy (non-hydrogen) atoms. The SMILES string of the molecule is CC[C@@H](C)NCc1ccc(OCCO)c(OC)c1. The zero-order chi connectivity index (χ0) is 13.4. The summed E-state index contributed by atoms with van der Waals surface area (Å²) in [5.74, 6) is 1.37. The van der Waals surface area contributed by atoms with E-state index in [2.05, 4.69) is 19.2 Å². The number of nitrogens with one attached hydrogen (secondary N) is 1.